The maximum Gasteiger partial charge on any atom is 0.195 e. The predicted octanol–water partition coefficient (Wildman–Crippen LogP) is 1.78. The lowest BCUT2D eigenvalue weighted by molar-refractivity contribution is 0.132. The summed E-state index contributed by atoms with van der Waals surface area (Å²) in [5, 5.41) is 6.62. The van der Waals surface area contributed by atoms with Crippen molar-refractivity contribution >= 4 is 12.2 Å². The molecule has 1 aromatic heterocycles. The second-order valence-electron chi connectivity index (χ2n) is 3.34. The third kappa shape index (κ3) is 2.38. The van der Waals surface area contributed by atoms with Gasteiger partial charge in [-0.1, -0.05) is 13.8 Å². The second kappa shape index (κ2) is 4.53. The van der Waals surface area contributed by atoms with E-state index in [-0.39, 0.29) is 6.04 Å². The molecule has 4 nitrogen and oxygen atoms in total. The average molecular weight is 201 g/mol. The normalized spacial score (nSPS) is 13.5. The molecule has 0 spiro atoms. The molecule has 1 N–H and O–H groups in total. The third-order valence-electron chi connectivity index (χ3n) is 2.04. The lowest BCUT2D eigenvalue weighted by Crippen LogP contribution is -2.19. The van der Waals surface area contributed by atoms with Crippen LogP contribution in [-0.4, -0.2) is 28.5 Å². The van der Waals surface area contributed by atoms with Gasteiger partial charge >= 0.3 is 0 Å². The fourth-order valence-corrected chi connectivity index (χ4v) is 1.49. The van der Waals surface area contributed by atoms with Crippen molar-refractivity contribution in [1.29, 1.82) is 0 Å². The van der Waals surface area contributed by atoms with Crippen LogP contribution >= 0.6 is 12.2 Å². The Bertz CT molecular complexity index is 304. The Hall–Kier alpha value is -0.680. The van der Waals surface area contributed by atoms with Gasteiger partial charge in [-0.2, -0.15) is 5.10 Å². The molecule has 0 radical (unpaired) electrons. The van der Waals surface area contributed by atoms with E-state index in [0.29, 0.717) is 17.3 Å². The van der Waals surface area contributed by atoms with Crippen LogP contribution in [-0.2, 0) is 4.74 Å². The number of ether oxygens (including phenoxy) is 1. The Kier molecular flexibility index (Phi) is 3.62. The number of H-pyrrole nitrogens is 1. The quantitative estimate of drug-likeness (QED) is 0.755. The Morgan fingerprint density at radius 1 is 1.69 bits per heavy atom. The number of rotatable bonds is 4. The van der Waals surface area contributed by atoms with Crippen LogP contribution in [0.4, 0.5) is 0 Å². The monoisotopic (exact) mass is 201 g/mol. The topological polar surface area (TPSA) is 42.8 Å². The molecule has 13 heavy (non-hydrogen) atoms. The fraction of sp³-hybridized carbons (Fsp3) is 0.750. The zero-order valence-corrected chi connectivity index (χ0v) is 8.97. The Balaban J connectivity index is 2.88. The second-order valence-corrected chi connectivity index (χ2v) is 3.72. The van der Waals surface area contributed by atoms with Gasteiger partial charge in [0.25, 0.3) is 0 Å². The van der Waals surface area contributed by atoms with E-state index >= 15 is 0 Å². The molecule has 0 bridgehead atoms. The molecule has 0 aliphatic rings. The van der Waals surface area contributed by atoms with Gasteiger partial charge in [-0.05, 0) is 18.1 Å². The minimum atomic E-state index is 0.260. The molecular formula is C8H15N3OS. The molecule has 0 amide bonds. The Labute approximate surface area is 82.9 Å². The lowest BCUT2D eigenvalue weighted by Gasteiger charge is -2.20. The van der Waals surface area contributed by atoms with Crippen LogP contribution in [0.5, 0.6) is 0 Å². The van der Waals surface area contributed by atoms with Crippen LogP contribution in [0.3, 0.4) is 0 Å². The van der Waals surface area contributed by atoms with Crippen LogP contribution in [0.15, 0.2) is 6.33 Å². The van der Waals surface area contributed by atoms with E-state index in [9.17, 15) is 0 Å². The van der Waals surface area contributed by atoms with E-state index < -0.39 is 0 Å². The van der Waals surface area contributed by atoms with Crippen molar-refractivity contribution in [1.82, 2.24) is 14.8 Å². The van der Waals surface area contributed by atoms with Crippen LogP contribution in [0, 0.1) is 10.7 Å². The lowest BCUT2D eigenvalue weighted by atomic mass is 10.1. The van der Waals surface area contributed by atoms with Gasteiger partial charge in [0.1, 0.15) is 6.33 Å². The number of nitrogens with zero attached hydrogens (tertiary/aromatic N) is 2. The SMILES string of the molecule is COCC(C(C)C)n1cn[nH]c1=S. The van der Waals surface area contributed by atoms with Gasteiger partial charge in [-0.15, -0.1) is 0 Å². The third-order valence-corrected chi connectivity index (χ3v) is 2.34. The summed E-state index contributed by atoms with van der Waals surface area (Å²) in [4.78, 5) is 0. The van der Waals surface area contributed by atoms with E-state index in [1.807, 2.05) is 4.57 Å². The molecule has 0 fully saturated rings. The molecule has 1 unspecified atom stereocenters. The zero-order valence-electron chi connectivity index (χ0n) is 8.15. The Morgan fingerprint density at radius 2 is 2.38 bits per heavy atom. The summed E-state index contributed by atoms with van der Waals surface area (Å²) in [6, 6.07) is 0.260. The van der Waals surface area contributed by atoms with Crippen LogP contribution in [0.2, 0.25) is 0 Å². The van der Waals surface area contributed by atoms with Crippen molar-refractivity contribution < 1.29 is 4.74 Å². The van der Waals surface area contributed by atoms with Crippen molar-refractivity contribution in [2.75, 3.05) is 13.7 Å². The molecule has 5 heteroatoms. The van der Waals surface area contributed by atoms with E-state index in [1.165, 1.54) is 0 Å². The van der Waals surface area contributed by atoms with Crippen molar-refractivity contribution in [3.05, 3.63) is 11.1 Å². The highest BCUT2D eigenvalue weighted by molar-refractivity contribution is 7.71. The molecule has 1 aromatic rings. The smallest absolute Gasteiger partial charge is 0.195 e. The van der Waals surface area contributed by atoms with Crippen LogP contribution < -0.4 is 0 Å². The first-order chi connectivity index (χ1) is 6.16. The zero-order chi connectivity index (χ0) is 9.84. The number of nitrogens with one attached hydrogen (secondary N) is 1. The highest BCUT2D eigenvalue weighted by atomic mass is 32.1. The van der Waals surface area contributed by atoms with Gasteiger partial charge in [0.2, 0.25) is 0 Å². The summed E-state index contributed by atoms with van der Waals surface area (Å²) < 4.78 is 7.72. The molecular weight excluding hydrogens is 186 g/mol. The van der Waals surface area contributed by atoms with Gasteiger partial charge in [-0.3, -0.25) is 5.10 Å². The van der Waals surface area contributed by atoms with Crippen molar-refractivity contribution in [2.24, 2.45) is 5.92 Å². The van der Waals surface area contributed by atoms with Crippen LogP contribution in [0.25, 0.3) is 0 Å². The predicted molar refractivity (Wildman–Crippen MR) is 53.2 cm³/mol. The summed E-state index contributed by atoms with van der Waals surface area (Å²) in [5.41, 5.74) is 0. The van der Waals surface area contributed by atoms with Crippen molar-refractivity contribution in [3.63, 3.8) is 0 Å². The molecule has 1 heterocycles. The number of aromatic amines is 1. The molecule has 1 rings (SSSR count). The summed E-state index contributed by atoms with van der Waals surface area (Å²) >= 11 is 5.08. The number of hydrogen-bond donors (Lipinski definition) is 1. The van der Waals surface area contributed by atoms with Gasteiger partial charge in [0.15, 0.2) is 4.77 Å². The summed E-state index contributed by atoms with van der Waals surface area (Å²) in [6.07, 6.45) is 1.71. The first-order valence-corrected chi connectivity index (χ1v) is 4.68. The molecule has 1 atom stereocenters. The summed E-state index contributed by atoms with van der Waals surface area (Å²) in [7, 11) is 1.69. The maximum absolute atomic E-state index is 5.14. The maximum atomic E-state index is 5.14. The summed E-state index contributed by atoms with van der Waals surface area (Å²) in [6.45, 7) is 4.93. The van der Waals surface area contributed by atoms with Gasteiger partial charge in [0.05, 0.1) is 12.6 Å². The molecule has 0 aliphatic carbocycles. The van der Waals surface area contributed by atoms with E-state index in [1.54, 1.807) is 13.4 Å². The highest BCUT2D eigenvalue weighted by Gasteiger charge is 2.15. The molecule has 0 saturated carbocycles. The minimum absolute atomic E-state index is 0.260. The molecule has 0 saturated heterocycles. The standard InChI is InChI=1S/C8H15N3OS/c1-6(2)7(4-12-3)11-5-9-10-8(11)13/h5-7H,4H2,1-3H3,(H,10,13). The van der Waals surface area contributed by atoms with E-state index in [0.717, 1.165) is 0 Å². The number of hydrogen-bond acceptors (Lipinski definition) is 3. The molecule has 74 valence electrons. The van der Waals surface area contributed by atoms with Crippen molar-refractivity contribution in [2.45, 2.75) is 19.9 Å². The largest absolute Gasteiger partial charge is 0.383 e. The first kappa shape index (κ1) is 10.4. The van der Waals surface area contributed by atoms with E-state index in [4.69, 9.17) is 17.0 Å². The molecule has 0 aromatic carbocycles. The van der Waals surface area contributed by atoms with Crippen molar-refractivity contribution in [3.8, 4) is 0 Å². The highest BCUT2D eigenvalue weighted by Crippen LogP contribution is 2.17. The van der Waals surface area contributed by atoms with Crippen LogP contribution in [0.1, 0.15) is 19.9 Å². The van der Waals surface area contributed by atoms with Gasteiger partial charge in [0, 0.05) is 7.11 Å². The van der Waals surface area contributed by atoms with E-state index in [2.05, 4.69) is 24.0 Å². The number of methoxy groups -OCH3 is 1. The van der Waals surface area contributed by atoms with Gasteiger partial charge in [-0.25, -0.2) is 0 Å². The van der Waals surface area contributed by atoms with Gasteiger partial charge < -0.3 is 9.30 Å². The Morgan fingerprint density at radius 3 is 2.77 bits per heavy atom. The average Bonchev–Trinajstić information content (AvgIpc) is 2.47. The number of aromatic nitrogens is 3. The fourth-order valence-electron chi connectivity index (χ4n) is 1.26. The molecule has 0 aliphatic heterocycles. The summed E-state index contributed by atoms with van der Waals surface area (Å²) in [5.74, 6) is 0.476. The first-order valence-electron chi connectivity index (χ1n) is 4.27. The minimum Gasteiger partial charge on any atom is -0.383 e.